The Hall–Kier alpha value is -2.11. The number of nitrogens with zero attached hydrogens (tertiary/aromatic N) is 2. The van der Waals surface area contributed by atoms with E-state index in [9.17, 15) is 4.79 Å². The van der Waals surface area contributed by atoms with Gasteiger partial charge < -0.3 is 9.32 Å². The first-order chi connectivity index (χ1) is 11.7. The average molecular weight is 340 g/mol. The highest BCUT2D eigenvalue weighted by molar-refractivity contribution is 7.07. The van der Waals surface area contributed by atoms with Gasteiger partial charge in [0.1, 0.15) is 5.58 Å². The van der Waals surface area contributed by atoms with Crippen LogP contribution in [0, 0.1) is 6.92 Å². The number of thiophene rings is 1. The zero-order valence-corrected chi connectivity index (χ0v) is 14.5. The summed E-state index contributed by atoms with van der Waals surface area (Å²) in [5, 5.41) is 5.33. The van der Waals surface area contributed by atoms with Crippen molar-refractivity contribution in [1.29, 1.82) is 0 Å². The number of rotatable bonds is 3. The van der Waals surface area contributed by atoms with Crippen molar-refractivity contribution in [1.82, 2.24) is 9.80 Å². The molecule has 5 heteroatoms. The monoisotopic (exact) mass is 340 g/mol. The Bertz CT molecular complexity index is 846. The van der Waals surface area contributed by atoms with E-state index in [1.807, 2.05) is 36.1 Å². The fourth-order valence-corrected chi connectivity index (χ4v) is 3.93. The van der Waals surface area contributed by atoms with E-state index >= 15 is 0 Å². The molecule has 0 N–H and O–H groups in total. The lowest BCUT2D eigenvalue weighted by Crippen LogP contribution is -2.48. The number of aryl methyl sites for hydroxylation is 1. The number of hydrogen-bond acceptors (Lipinski definition) is 4. The summed E-state index contributed by atoms with van der Waals surface area (Å²) in [5.41, 5.74) is 3.08. The van der Waals surface area contributed by atoms with Gasteiger partial charge in [0.25, 0.3) is 5.91 Å². The van der Waals surface area contributed by atoms with Crippen molar-refractivity contribution in [2.45, 2.75) is 13.5 Å². The Kier molecular flexibility index (Phi) is 4.12. The zero-order chi connectivity index (χ0) is 16.5. The second-order valence-corrected chi connectivity index (χ2v) is 7.03. The Morgan fingerprint density at radius 3 is 2.67 bits per heavy atom. The number of benzene rings is 1. The van der Waals surface area contributed by atoms with Crippen LogP contribution >= 0.6 is 11.3 Å². The highest BCUT2D eigenvalue weighted by atomic mass is 32.1. The predicted octanol–water partition coefficient (Wildman–Crippen LogP) is 3.76. The Labute approximate surface area is 145 Å². The van der Waals surface area contributed by atoms with Crippen LogP contribution < -0.4 is 0 Å². The molecule has 1 aliphatic heterocycles. The SMILES string of the molecule is Cc1c(C(=O)N2CCN(Cc3ccsc3)CC2)oc2ccccc12. The van der Waals surface area contributed by atoms with Gasteiger partial charge in [0.15, 0.2) is 5.76 Å². The van der Waals surface area contributed by atoms with Crippen LogP contribution in [0.2, 0.25) is 0 Å². The van der Waals surface area contributed by atoms with E-state index in [2.05, 4.69) is 21.7 Å². The number of carbonyl (C=O) groups is 1. The predicted molar refractivity (Wildman–Crippen MR) is 96.5 cm³/mol. The summed E-state index contributed by atoms with van der Waals surface area (Å²) in [7, 11) is 0. The van der Waals surface area contributed by atoms with Gasteiger partial charge in [-0.2, -0.15) is 11.3 Å². The van der Waals surface area contributed by atoms with E-state index < -0.39 is 0 Å². The van der Waals surface area contributed by atoms with Crippen LogP contribution in [0.5, 0.6) is 0 Å². The van der Waals surface area contributed by atoms with E-state index in [1.54, 1.807) is 11.3 Å². The molecule has 4 rings (SSSR count). The van der Waals surface area contributed by atoms with E-state index in [4.69, 9.17) is 4.42 Å². The van der Waals surface area contributed by atoms with E-state index in [0.29, 0.717) is 5.76 Å². The maximum Gasteiger partial charge on any atom is 0.289 e. The largest absolute Gasteiger partial charge is 0.451 e. The summed E-state index contributed by atoms with van der Waals surface area (Å²) < 4.78 is 5.82. The summed E-state index contributed by atoms with van der Waals surface area (Å²) in [6.07, 6.45) is 0. The van der Waals surface area contributed by atoms with E-state index in [1.165, 1.54) is 5.56 Å². The first-order valence-electron chi connectivity index (χ1n) is 8.23. The second kappa shape index (κ2) is 6.42. The van der Waals surface area contributed by atoms with Crippen molar-refractivity contribution in [2.75, 3.05) is 26.2 Å². The summed E-state index contributed by atoms with van der Waals surface area (Å²) in [6, 6.07) is 9.99. The van der Waals surface area contributed by atoms with Crippen LogP contribution in [0.4, 0.5) is 0 Å². The molecule has 2 aromatic heterocycles. The van der Waals surface area contributed by atoms with Crippen LogP contribution in [0.15, 0.2) is 45.5 Å². The number of amides is 1. The van der Waals surface area contributed by atoms with Gasteiger partial charge in [0.2, 0.25) is 0 Å². The number of carbonyl (C=O) groups excluding carboxylic acids is 1. The molecule has 0 atom stereocenters. The van der Waals surface area contributed by atoms with Crippen LogP contribution in [0.1, 0.15) is 21.7 Å². The second-order valence-electron chi connectivity index (χ2n) is 6.25. The molecule has 0 spiro atoms. The van der Waals surface area contributed by atoms with Gasteiger partial charge in [0.05, 0.1) is 0 Å². The van der Waals surface area contributed by atoms with Gasteiger partial charge in [0, 0.05) is 43.7 Å². The Balaban J connectivity index is 1.45. The first-order valence-corrected chi connectivity index (χ1v) is 9.17. The molecule has 0 aliphatic carbocycles. The third-order valence-electron chi connectivity index (χ3n) is 4.68. The molecule has 0 radical (unpaired) electrons. The minimum atomic E-state index is 0.0129. The number of piperazine rings is 1. The quantitative estimate of drug-likeness (QED) is 0.728. The average Bonchev–Trinajstić information content (AvgIpc) is 3.23. The van der Waals surface area contributed by atoms with Crippen molar-refractivity contribution in [3.63, 3.8) is 0 Å². The third-order valence-corrected chi connectivity index (χ3v) is 5.42. The maximum absolute atomic E-state index is 12.8. The molecule has 3 aromatic rings. The zero-order valence-electron chi connectivity index (χ0n) is 13.7. The lowest BCUT2D eigenvalue weighted by Gasteiger charge is -2.34. The van der Waals surface area contributed by atoms with Crippen molar-refractivity contribution in [2.24, 2.45) is 0 Å². The van der Waals surface area contributed by atoms with Crippen molar-refractivity contribution >= 4 is 28.2 Å². The van der Waals surface area contributed by atoms with Crippen molar-refractivity contribution in [3.05, 3.63) is 58.0 Å². The molecule has 4 nitrogen and oxygen atoms in total. The molecule has 1 amide bonds. The van der Waals surface area contributed by atoms with Crippen LogP contribution in [0.25, 0.3) is 11.0 Å². The minimum Gasteiger partial charge on any atom is -0.451 e. The standard InChI is InChI=1S/C19H20N2O2S/c1-14-16-4-2-3-5-17(16)23-18(14)19(22)21-9-7-20(8-10-21)12-15-6-11-24-13-15/h2-6,11,13H,7-10,12H2,1H3. The fraction of sp³-hybridized carbons (Fsp3) is 0.316. The molecule has 124 valence electrons. The van der Waals surface area contributed by atoms with Crippen LogP contribution in [0.3, 0.4) is 0 Å². The summed E-state index contributed by atoms with van der Waals surface area (Å²) in [6.45, 7) is 6.24. The summed E-state index contributed by atoms with van der Waals surface area (Å²) in [5.74, 6) is 0.501. The van der Waals surface area contributed by atoms with Gasteiger partial charge >= 0.3 is 0 Å². The van der Waals surface area contributed by atoms with E-state index in [-0.39, 0.29) is 5.91 Å². The van der Waals surface area contributed by atoms with Crippen molar-refractivity contribution in [3.8, 4) is 0 Å². The summed E-state index contributed by atoms with van der Waals surface area (Å²) in [4.78, 5) is 17.1. The third kappa shape index (κ3) is 2.85. The molecule has 3 heterocycles. The molecule has 1 fully saturated rings. The maximum atomic E-state index is 12.8. The van der Waals surface area contributed by atoms with Crippen LogP contribution in [-0.4, -0.2) is 41.9 Å². The molecule has 1 aromatic carbocycles. The molecule has 1 saturated heterocycles. The lowest BCUT2D eigenvalue weighted by molar-refractivity contribution is 0.0599. The van der Waals surface area contributed by atoms with Gasteiger partial charge in [-0.05, 0) is 35.4 Å². The Morgan fingerprint density at radius 1 is 1.17 bits per heavy atom. The normalized spacial score (nSPS) is 16.0. The highest BCUT2D eigenvalue weighted by Crippen LogP contribution is 2.26. The molecule has 24 heavy (non-hydrogen) atoms. The van der Waals surface area contributed by atoms with Crippen LogP contribution in [-0.2, 0) is 6.54 Å². The van der Waals surface area contributed by atoms with Gasteiger partial charge in [-0.1, -0.05) is 18.2 Å². The van der Waals surface area contributed by atoms with Gasteiger partial charge in [-0.3, -0.25) is 9.69 Å². The number of hydrogen-bond donors (Lipinski definition) is 0. The Morgan fingerprint density at radius 2 is 1.96 bits per heavy atom. The molecule has 0 unspecified atom stereocenters. The van der Waals surface area contributed by atoms with E-state index in [0.717, 1.165) is 49.3 Å². The molecule has 1 aliphatic rings. The smallest absolute Gasteiger partial charge is 0.289 e. The molecular formula is C19H20N2O2S. The number of furan rings is 1. The molecular weight excluding hydrogens is 320 g/mol. The molecule has 0 saturated carbocycles. The van der Waals surface area contributed by atoms with Gasteiger partial charge in [-0.25, -0.2) is 0 Å². The van der Waals surface area contributed by atoms with Crippen molar-refractivity contribution < 1.29 is 9.21 Å². The fourth-order valence-electron chi connectivity index (χ4n) is 3.27. The number of fused-ring (bicyclic) bond motifs is 1. The van der Waals surface area contributed by atoms with Gasteiger partial charge in [-0.15, -0.1) is 0 Å². The first kappa shape index (κ1) is 15.4. The number of para-hydroxylation sites is 1. The summed E-state index contributed by atoms with van der Waals surface area (Å²) >= 11 is 1.73. The topological polar surface area (TPSA) is 36.7 Å². The minimum absolute atomic E-state index is 0.0129. The highest BCUT2D eigenvalue weighted by Gasteiger charge is 2.26. The molecule has 0 bridgehead atoms. The lowest BCUT2D eigenvalue weighted by atomic mass is 10.1.